The predicted octanol–water partition coefficient (Wildman–Crippen LogP) is 2.43. The molecule has 2 nitrogen and oxygen atoms in total. The van der Waals surface area contributed by atoms with Crippen LogP contribution >= 0.6 is 0 Å². The fourth-order valence-corrected chi connectivity index (χ4v) is 1.35. The number of ether oxygens (including phenoxy) is 1. The number of carbonyl (C=O) groups is 1. The van der Waals surface area contributed by atoms with Crippen molar-refractivity contribution < 1.29 is 9.53 Å². The lowest BCUT2D eigenvalue weighted by molar-refractivity contribution is -0.145. The van der Waals surface area contributed by atoms with Crippen molar-refractivity contribution in [2.45, 2.75) is 19.8 Å². The zero-order chi connectivity index (χ0) is 10.4. The van der Waals surface area contributed by atoms with Crippen molar-refractivity contribution in [1.29, 1.82) is 0 Å². The summed E-state index contributed by atoms with van der Waals surface area (Å²) in [5.41, 5.74) is 1.27. The van der Waals surface area contributed by atoms with Crippen LogP contribution in [0.3, 0.4) is 0 Å². The molecular weight excluding hydrogens is 176 g/mol. The topological polar surface area (TPSA) is 26.3 Å². The molecule has 76 valence electrons. The summed E-state index contributed by atoms with van der Waals surface area (Å²) >= 11 is 0. The lowest BCUT2D eigenvalue weighted by Gasteiger charge is -2.08. The van der Waals surface area contributed by atoms with Gasteiger partial charge in [0.15, 0.2) is 0 Å². The van der Waals surface area contributed by atoms with Crippen LogP contribution in [0.25, 0.3) is 0 Å². The van der Waals surface area contributed by atoms with E-state index in [1.54, 1.807) is 0 Å². The van der Waals surface area contributed by atoms with E-state index in [-0.39, 0.29) is 11.9 Å². The van der Waals surface area contributed by atoms with Crippen LogP contribution in [0.1, 0.15) is 18.9 Å². The first-order chi connectivity index (χ1) is 6.74. The first-order valence-electron chi connectivity index (χ1n) is 4.86. The Labute approximate surface area is 84.9 Å². The maximum Gasteiger partial charge on any atom is 0.308 e. The summed E-state index contributed by atoms with van der Waals surface area (Å²) < 4.78 is 4.66. The molecule has 1 unspecified atom stereocenters. The number of esters is 1. The van der Waals surface area contributed by atoms with E-state index < -0.39 is 0 Å². The molecule has 0 bridgehead atoms. The SMILES string of the molecule is COC(=O)C(C)CCc1ccccc1. The molecule has 1 aromatic rings. The van der Waals surface area contributed by atoms with Gasteiger partial charge in [-0.1, -0.05) is 37.3 Å². The van der Waals surface area contributed by atoms with Gasteiger partial charge in [-0.05, 0) is 18.4 Å². The van der Waals surface area contributed by atoms with Crippen molar-refractivity contribution in [2.24, 2.45) is 5.92 Å². The van der Waals surface area contributed by atoms with Gasteiger partial charge in [0.2, 0.25) is 0 Å². The fourth-order valence-electron chi connectivity index (χ4n) is 1.35. The highest BCUT2D eigenvalue weighted by Crippen LogP contribution is 2.10. The van der Waals surface area contributed by atoms with Crippen molar-refractivity contribution in [3.05, 3.63) is 35.9 Å². The van der Waals surface area contributed by atoms with Gasteiger partial charge in [0, 0.05) is 0 Å². The van der Waals surface area contributed by atoms with Crippen molar-refractivity contribution in [3.63, 3.8) is 0 Å². The Hall–Kier alpha value is -1.31. The van der Waals surface area contributed by atoms with E-state index in [0.29, 0.717) is 0 Å². The Kier molecular flexibility index (Phi) is 4.17. The molecule has 14 heavy (non-hydrogen) atoms. The van der Waals surface area contributed by atoms with E-state index >= 15 is 0 Å². The normalized spacial score (nSPS) is 12.1. The third kappa shape index (κ3) is 3.21. The van der Waals surface area contributed by atoms with Gasteiger partial charge < -0.3 is 4.74 Å². The molecule has 0 amide bonds. The van der Waals surface area contributed by atoms with Crippen molar-refractivity contribution in [3.8, 4) is 0 Å². The highest BCUT2D eigenvalue weighted by atomic mass is 16.5. The summed E-state index contributed by atoms with van der Waals surface area (Å²) in [5, 5.41) is 0. The molecule has 0 aliphatic carbocycles. The van der Waals surface area contributed by atoms with E-state index in [4.69, 9.17) is 0 Å². The zero-order valence-corrected chi connectivity index (χ0v) is 8.69. The van der Waals surface area contributed by atoms with Crippen LogP contribution in [0.2, 0.25) is 0 Å². The average Bonchev–Trinajstić information content (AvgIpc) is 2.26. The van der Waals surface area contributed by atoms with Crippen LogP contribution in [-0.2, 0) is 16.0 Å². The Morgan fingerprint density at radius 2 is 2.00 bits per heavy atom. The van der Waals surface area contributed by atoms with Crippen LogP contribution < -0.4 is 0 Å². The number of aryl methyl sites for hydroxylation is 1. The minimum Gasteiger partial charge on any atom is -0.469 e. The molecule has 0 aliphatic heterocycles. The average molecular weight is 192 g/mol. The number of benzene rings is 1. The maximum absolute atomic E-state index is 11.1. The van der Waals surface area contributed by atoms with Crippen LogP contribution in [0.4, 0.5) is 0 Å². The van der Waals surface area contributed by atoms with Crippen LogP contribution in [-0.4, -0.2) is 13.1 Å². The van der Waals surface area contributed by atoms with E-state index in [1.165, 1.54) is 12.7 Å². The number of rotatable bonds is 4. The highest BCUT2D eigenvalue weighted by molar-refractivity contribution is 5.71. The smallest absolute Gasteiger partial charge is 0.308 e. The summed E-state index contributed by atoms with van der Waals surface area (Å²) in [6.07, 6.45) is 1.77. The van der Waals surface area contributed by atoms with Gasteiger partial charge in [-0.2, -0.15) is 0 Å². The van der Waals surface area contributed by atoms with Gasteiger partial charge in [-0.25, -0.2) is 0 Å². The molecule has 1 rings (SSSR count). The lowest BCUT2D eigenvalue weighted by Crippen LogP contribution is -2.13. The first kappa shape index (κ1) is 10.8. The lowest BCUT2D eigenvalue weighted by atomic mass is 10.0. The van der Waals surface area contributed by atoms with E-state index in [2.05, 4.69) is 16.9 Å². The highest BCUT2D eigenvalue weighted by Gasteiger charge is 2.12. The maximum atomic E-state index is 11.1. The van der Waals surface area contributed by atoms with Crippen LogP contribution in [0, 0.1) is 5.92 Å². The second-order valence-electron chi connectivity index (χ2n) is 3.45. The number of carbonyl (C=O) groups excluding carboxylic acids is 1. The van der Waals surface area contributed by atoms with Gasteiger partial charge in [0.25, 0.3) is 0 Å². The fraction of sp³-hybridized carbons (Fsp3) is 0.417. The number of hydrogen-bond donors (Lipinski definition) is 0. The summed E-state index contributed by atoms with van der Waals surface area (Å²) in [4.78, 5) is 11.1. The Bertz CT molecular complexity index is 280. The van der Waals surface area contributed by atoms with E-state index in [0.717, 1.165) is 12.8 Å². The Morgan fingerprint density at radius 1 is 1.36 bits per heavy atom. The van der Waals surface area contributed by atoms with Crippen LogP contribution in [0.5, 0.6) is 0 Å². The second-order valence-corrected chi connectivity index (χ2v) is 3.45. The monoisotopic (exact) mass is 192 g/mol. The molecule has 0 fully saturated rings. The molecule has 0 N–H and O–H groups in total. The van der Waals surface area contributed by atoms with Gasteiger partial charge in [-0.15, -0.1) is 0 Å². The van der Waals surface area contributed by atoms with E-state index in [9.17, 15) is 4.79 Å². The molecule has 0 saturated carbocycles. The van der Waals surface area contributed by atoms with Gasteiger partial charge in [0.1, 0.15) is 0 Å². The van der Waals surface area contributed by atoms with Gasteiger partial charge >= 0.3 is 5.97 Å². The zero-order valence-electron chi connectivity index (χ0n) is 8.69. The molecule has 2 heteroatoms. The molecule has 0 spiro atoms. The second kappa shape index (κ2) is 5.43. The van der Waals surface area contributed by atoms with E-state index in [1.807, 2.05) is 25.1 Å². The molecule has 1 aromatic carbocycles. The van der Waals surface area contributed by atoms with Crippen LogP contribution in [0.15, 0.2) is 30.3 Å². The Morgan fingerprint density at radius 3 is 2.57 bits per heavy atom. The molecule has 1 atom stereocenters. The predicted molar refractivity (Wildman–Crippen MR) is 55.9 cm³/mol. The minimum atomic E-state index is -0.124. The van der Waals surface area contributed by atoms with Crippen molar-refractivity contribution in [2.75, 3.05) is 7.11 Å². The Balaban J connectivity index is 2.38. The quantitative estimate of drug-likeness (QED) is 0.685. The van der Waals surface area contributed by atoms with Gasteiger partial charge in [0.05, 0.1) is 13.0 Å². The largest absolute Gasteiger partial charge is 0.469 e. The molecule has 0 saturated heterocycles. The van der Waals surface area contributed by atoms with Crippen molar-refractivity contribution >= 4 is 5.97 Å². The molecular formula is C12H16O2. The molecule has 0 aliphatic rings. The molecule has 0 radical (unpaired) electrons. The first-order valence-corrected chi connectivity index (χ1v) is 4.86. The summed E-state index contributed by atoms with van der Waals surface area (Å²) in [6.45, 7) is 1.90. The standard InChI is InChI=1S/C12H16O2/c1-10(12(13)14-2)8-9-11-6-4-3-5-7-11/h3-7,10H,8-9H2,1-2H3. The third-order valence-electron chi connectivity index (χ3n) is 2.31. The molecule has 0 aromatic heterocycles. The summed E-state index contributed by atoms with van der Waals surface area (Å²) in [6, 6.07) is 10.2. The number of hydrogen-bond acceptors (Lipinski definition) is 2. The third-order valence-corrected chi connectivity index (χ3v) is 2.31. The summed E-state index contributed by atoms with van der Waals surface area (Å²) in [5.74, 6) is -0.138. The summed E-state index contributed by atoms with van der Waals surface area (Å²) in [7, 11) is 1.43. The minimum absolute atomic E-state index is 0.0137. The van der Waals surface area contributed by atoms with Gasteiger partial charge in [-0.3, -0.25) is 4.79 Å². The van der Waals surface area contributed by atoms with Crippen molar-refractivity contribution in [1.82, 2.24) is 0 Å². The molecule has 0 heterocycles. The number of methoxy groups -OCH3 is 1.